The van der Waals surface area contributed by atoms with E-state index in [0.29, 0.717) is 38.0 Å². The van der Waals surface area contributed by atoms with Crippen LogP contribution < -0.4 is 16.0 Å². The van der Waals surface area contributed by atoms with Gasteiger partial charge in [-0.2, -0.15) is 5.26 Å². The predicted octanol–water partition coefficient (Wildman–Crippen LogP) is 1.25. The van der Waals surface area contributed by atoms with Gasteiger partial charge in [-0.3, -0.25) is 19.4 Å². The Labute approximate surface area is 210 Å². The molecule has 3 heterocycles. The second kappa shape index (κ2) is 11.8. The SMILES string of the molecule is CC(C)(C)[C@H](NC(=O)OCc1ccccn1)C(=O)N1CCCC1C(=O)N[C@H](C#N)CC1CCNC1=O. The number of pyridine rings is 1. The zero-order chi connectivity index (χ0) is 26.3. The molecule has 2 aliphatic rings. The molecule has 0 aromatic carbocycles. The first kappa shape index (κ1) is 26.9. The molecule has 2 aliphatic heterocycles. The number of carbonyl (C=O) groups excluding carboxylic acids is 4. The van der Waals surface area contributed by atoms with Gasteiger partial charge in [0.05, 0.1) is 11.8 Å². The van der Waals surface area contributed by atoms with E-state index in [2.05, 4.69) is 27.0 Å². The van der Waals surface area contributed by atoms with Gasteiger partial charge >= 0.3 is 6.09 Å². The molecular weight excluding hydrogens is 464 g/mol. The van der Waals surface area contributed by atoms with Gasteiger partial charge in [-0.1, -0.05) is 26.8 Å². The fourth-order valence-electron chi connectivity index (χ4n) is 4.47. The van der Waals surface area contributed by atoms with Crippen molar-refractivity contribution in [3.05, 3.63) is 30.1 Å². The highest BCUT2D eigenvalue weighted by molar-refractivity contribution is 5.92. The van der Waals surface area contributed by atoms with E-state index in [9.17, 15) is 24.4 Å². The number of rotatable bonds is 8. The summed E-state index contributed by atoms with van der Waals surface area (Å²) in [6, 6.07) is 4.79. The maximum Gasteiger partial charge on any atom is 0.408 e. The van der Waals surface area contributed by atoms with Crippen molar-refractivity contribution in [3.8, 4) is 6.07 Å². The highest BCUT2D eigenvalue weighted by Gasteiger charge is 2.42. The largest absolute Gasteiger partial charge is 0.443 e. The summed E-state index contributed by atoms with van der Waals surface area (Å²) in [5, 5.41) is 17.6. The van der Waals surface area contributed by atoms with E-state index in [4.69, 9.17) is 4.74 Å². The average Bonchev–Trinajstić information content (AvgIpc) is 3.49. The maximum atomic E-state index is 13.5. The average molecular weight is 499 g/mol. The van der Waals surface area contributed by atoms with Gasteiger partial charge in [0.25, 0.3) is 0 Å². The molecule has 3 rings (SSSR count). The number of nitriles is 1. The molecule has 2 unspecified atom stereocenters. The van der Waals surface area contributed by atoms with Crippen LogP contribution in [0.2, 0.25) is 0 Å². The number of hydrogen-bond donors (Lipinski definition) is 3. The number of nitrogens with one attached hydrogen (secondary N) is 3. The van der Waals surface area contributed by atoms with Gasteiger partial charge in [-0.15, -0.1) is 0 Å². The summed E-state index contributed by atoms with van der Waals surface area (Å²) in [6.45, 7) is 6.33. The first-order valence-electron chi connectivity index (χ1n) is 12.2. The Bertz CT molecular complexity index is 1000. The third-order valence-electron chi connectivity index (χ3n) is 6.45. The number of alkyl carbamates (subject to hydrolysis) is 1. The second-order valence-corrected chi connectivity index (χ2v) is 10.2. The van der Waals surface area contributed by atoms with E-state index in [-0.39, 0.29) is 24.9 Å². The first-order chi connectivity index (χ1) is 17.1. The Morgan fingerprint density at radius 3 is 2.67 bits per heavy atom. The molecule has 4 amide bonds. The van der Waals surface area contributed by atoms with Crippen molar-refractivity contribution in [2.45, 2.75) is 71.2 Å². The van der Waals surface area contributed by atoms with Crippen LogP contribution in [-0.2, 0) is 25.7 Å². The van der Waals surface area contributed by atoms with Gasteiger partial charge < -0.3 is 25.6 Å². The standard InChI is InChI=1S/C25H34N6O5/c1-25(2,3)20(30-24(35)36-15-17-7-4-5-10-27-17)23(34)31-12-6-8-19(31)22(33)29-18(14-26)13-16-9-11-28-21(16)32/h4-5,7,10,16,18-20H,6,8-9,11-13,15H2,1-3H3,(H,28,32)(H,29,33)(H,30,35)/t16?,18-,19?,20+/m0/s1. The lowest BCUT2D eigenvalue weighted by molar-refractivity contribution is -0.142. The number of hydrogen-bond acceptors (Lipinski definition) is 7. The Hall–Kier alpha value is -3.68. The van der Waals surface area contributed by atoms with Crippen LogP contribution in [0.1, 0.15) is 52.1 Å². The molecule has 4 atom stereocenters. The van der Waals surface area contributed by atoms with E-state index in [1.54, 1.807) is 24.4 Å². The quantitative estimate of drug-likeness (QED) is 0.487. The van der Waals surface area contributed by atoms with Crippen molar-refractivity contribution in [2.75, 3.05) is 13.1 Å². The number of nitrogens with zero attached hydrogens (tertiary/aromatic N) is 3. The Morgan fingerprint density at radius 1 is 1.28 bits per heavy atom. The van der Waals surface area contributed by atoms with Crippen LogP contribution in [0.4, 0.5) is 4.79 Å². The molecule has 1 aromatic heterocycles. The Morgan fingerprint density at radius 2 is 2.06 bits per heavy atom. The Kier molecular flexibility index (Phi) is 8.85. The summed E-state index contributed by atoms with van der Waals surface area (Å²) >= 11 is 0. The van der Waals surface area contributed by atoms with E-state index in [1.165, 1.54) is 4.90 Å². The van der Waals surface area contributed by atoms with Crippen molar-refractivity contribution >= 4 is 23.8 Å². The highest BCUT2D eigenvalue weighted by Crippen LogP contribution is 2.26. The van der Waals surface area contributed by atoms with Crippen molar-refractivity contribution < 1.29 is 23.9 Å². The van der Waals surface area contributed by atoms with Gasteiger partial charge in [0, 0.05) is 25.2 Å². The third-order valence-corrected chi connectivity index (χ3v) is 6.45. The minimum Gasteiger partial charge on any atom is -0.443 e. The smallest absolute Gasteiger partial charge is 0.408 e. The van der Waals surface area contributed by atoms with Crippen molar-refractivity contribution in [1.82, 2.24) is 25.8 Å². The second-order valence-electron chi connectivity index (χ2n) is 10.2. The molecule has 1 aromatic rings. The molecule has 0 aliphatic carbocycles. The molecule has 3 N–H and O–H groups in total. The van der Waals surface area contributed by atoms with Gasteiger partial charge in [0.1, 0.15) is 24.7 Å². The molecule has 2 saturated heterocycles. The zero-order valence-corrected chi connectivity index (χ0v) is 21.0. The lowest BCUT2D eigenvalue weighted by Gasteiger charge is -2.35. The third kappa shape index (κ3) is 6.93. The van der Waals surface area contributed by atoms with Gasteiger partial charge in [0.15, 0.2) is 0 Å². The van der Waals surface area contributed by atoms with E-state index in [0.717, 1.165) is 0 Å². The van der Waals surface area contributed by atoms with Crippen LogP contribution in [0.3, 0.4) is 0 Å². The molecule has 0 spiro atoms. The number of ether oxygens (including phenoxy) is 1. The number of aromatic nitrogens is 1. The lowest BCUT2D eigenvalue weighted by Crippen LogP contribution is -2.58. The molecule has 194 valence electrons. The molecule has 0 saturated carbocycles. The topological polar surface area (TPSA) is 154 Å². The fourth-order valence-corrected chi connectivity index (χ4v) is 4.47. The minimum atomic E-state index is -0.934. The molecule has 11 nitrogen and oxygen atoms in total. The van der Waals surface area contributed by atoms with Crippen LogP contribution in [0, 0.1) is 22.7 Å². The number of carbonyl (C=O) groups is 4. The lowest BCUT2D eigenvalue weighted by atomic mass is 9.85. The maximum absolute atomic E-state index is 13.5. The van der Waals surface area contributed by atoms with Crippen LogP contribution >= 0.6 is 0 Å². The van der Waals surface area contributed by atoms with E-state index >= 15 is 0 Å². The molecule has 0 bridgehead atoms. The van der Waals surface area contributed by atoms with Crippen molar-refractivity contribution in [1.29, 1.82) is 5.26 Å². The summed E-state index contributed by atoms with van der Waals surface area (Å²) in [5.41, 5.74) is -0.0832. The van der Waals surface area contributed by atoms with Crippen LogP contribution in [0.25, 0.3) is 0 Å². The summed E-state index contributed by atoms with van der Waals surface area (Å²) in [4.78, 5) is 56.5. The summed E-state index contributed by atoms with van der Waals surface area (Å²) < 4.78 is 5.25. The molecule has 0 radical (unpaired) electrons. The molecule has 11 heteroatoms. The predicted molar refractivity (Wildman–Crippen MR) is 129 cm³/mol. The van der Waals surface area contributed by atoms with Crippen LogP contribution in [0.15, 0.2) is 24.4 Å². The molecule has 36 heavy (non-hydrogen) atoms. The minimum absolute atomic E-state index is 0.0406. The monoisotopic (exact) mass is 498 g/mol. The van der Waals surface area contributed by atoms with Crippen molar-refractivity contribution in [3.63, 3.8) is 0 Å². The van der Waals surface area contributed by atoms with E-state index < -0.39 is 41.4 Å². The molecule has 2 fully saturated rings. The normalized spacial score (nSPS) is 21.2. The van der Waals surface area contributed by atoms with E-state index in [1.807, 2.05) is 20.8 Å². The number of likely N-dealkylation sites (tertiary alicyclic amines) is 1. The first-order valence-corrected chi connectivity index (χ1v) is 12.2. The van der Waals surface area contributed by atoms with Crippen LogP contribution in [-0.4, -0.2) is 64.9 Å². The Balaban J connectivity index is 1.63. The summed E-state index contributed by atoms with van der Waals surface area (Å²) in [7, 11) is 0. The van der Waals surface area contributed by atoms with Crippen molar-refractivity contribution in [2.24, 2.45) is 11.3 Å². The van der Waals surface area contributed by atoms with Gasteiger partial charge in [-0.05, 0) is 43.2 Å². The van der Waals surface area contributed by atoms with Crippen LogP contribution in [0.5, 0.6) is 0 Å². The van der Waals surface area contributed by atoms with Gasteiger partial charge in [-0.25, -0.2) is 4.79 Å². The van der Waals surface area contributed by atoms with Gasteiger partial charge in [0.2, 0.25) is 17.7 Å². The zero-order valence-electron chi connectivity index (χ0n) is 21.0. The summed E-state index contributed by atoms with van der Waals surface area (Å²) in [5.74, 6) is -1.26. The fraction of sp³-hybridized carbons (Fsp3) is 0.600. The number of amides is 4. The molecular formula is C25H34N6O5. The summed E-state index contributed by atoms with van der Waals surface area (Å²) in [6.07, 6.45) is 2.75. The highest BCUT2D eigenvalue weighted by atomic mass is 16.5.